The molecule has 6 nitrogen and oxygen atoms in total. The van der Waals surface area contributed by atoms with Crippen LogP contribution in [0.15, 0.2) is 48.5 Å². The van der Waals surface area contributed by atoms with Crippen LogP contribution in [0.5, 0.6) is 0 Å². The normalized spacial score (nSPS) is 10.4. The number of anilines is 1. The SMILES string of the molecule is O=C(c1ccccc1)c1cc([N+](=O)[O-])ccc1NC(=O)C(Cl)Cl. The highest BCUT2D eigenvalue weighted by Gasteiger charge is 2.21. The number of ketones is 1. The summed E-state index contributed by atoms with van der Waals surface area (Å²) in [5, 5.41) is 13.3. The average molecular weight is 353 g/mol. The molecule has 1 amide bonds. The third-order valence-corrected chi connectivity index (χ3v) is 3.35. The Morgan fingerprint density at radius 3 is 2.30 bits per heavy atom. The van der Waals surface area contributed by atoms with Crippen molar-refractivity contribution in [3.63, 3.8) is 0 Å². The van der Waals surface area contributed by atoms with E-state index >= 15 is 0 Å². The maximum absolute atomic E-state index is 12.6. The number of carbonyl (C=O) groups excluding carboxylic acids is 2. The Hall–Kier alpha value is -2.44. The molecule has 0 spiro atoms. The van der Waals surface area contributed by atoms with Gasteiger partial charge in [0.25, 0.3) is 11.6 Å². The van der Waals surface area contributed by atoms with Crippen LogP contribution in [0, 0.1) is 10.1 Å². The van der Waals surface area contributed by atoms with Crippen molar-refractivity contribution in [2.24, 2.45) is 0 Å². The molecular weight excluding hydrogens is 343 g/mol. The lowest BCUT2D eigenvalue weighted by Crippen LogP contribution is -2.20. The van der Waals surface area contributed by atoms with Crippen LogP contribution in [0.3, 0.4) is 0 Å². The summed E-state index contributed by atoms with van der Waals surface area (Å²) in [6.07, 6.45) is 0. The fraction of sp³-hybridized carbons (Fsp3) is 0.0667. The zero-order chi connectivity index (χ0) is 17.0. The molecule has 0 aromatic heterocycles. The van der Waals surface area contributed by atoms with Gasteiger partial charge in [-0.1, -0.05) is 53.5 Å². The molecule has 0 aliphatic carbocycles. The van der Waals surface area contributed by atoms with Gasteiger partial charge in [-0.25, -0.2) is 0 Å². The van der Waals surface area contributed by atoms with Crippen molar-refractivity contribution in [3.05, 3.63) is 69.8 Å². The van der Waals surface area contributed by atoms with Crippen molar-refractivity contribution >= 4 is 46.3 Å². The van der Waals surface area contributed by atoms with Gasteiger partial charge in [-0.3, -0.25) is 19.7 Å². The summed E-state index contributed by atoms with van der Waals surface area (Å²) in [5.74, 6) is -1.20. The van der Waals surface area contributed by atoms with Crippen molar-refractivity contribution in [3.8, 4) is 0 Å². The molecule has 2 aromatic carbocycles. The summed E-state index contributed by atoms with van der Waals surface area (Å²) in [7, 11) is 0. The number of hydrogen-bond acceptors (Lipinski definition) is 4. The summed E-state index contributed by atoms with van der Waals surface area (Å²) >= 11 is 10.9. The van der Waals surface area contributed by atoms with Crippen LogP contribution in [0.4, 0.5) is 11.4 Å². The van der Waals surface area contributed by atoms with Crippen molar-refractivity contribution < 1.29 is 14.5 Å². The number of nitrogens with one attached hydrogen (secondary N) is 1. The van der Waals surface area contributed by atoms with Crippen LogP contribution in [-0.2, 0) is 4.79 Å². The summed E-state index contributed by atoms with van der Waals surface area (Å²) in [6.45, 7) is 0. The highest BCUT2D eigenvalue weighted by atomic mass is 35.5. The predicted octanol–water partition coefficient (Wildman–Crippen LogP) is 3.57. The zero-order valence-electron chi connectivity index (χ0n) is 11.5. The topological polar surface area (TPSA) is 89.3 Å². The molecule has 1 N–H and O–H groups in total. The van der Waals surface area contributed by atoms with Crippen molar-refractivity contribution in [1.29, 1.82) is 0 Å². The van der Waals surface area contributed by atoms with E-state index in [1.807, 2.05) is 0 Å². The van der Waals surface area contributed by atoms with Gasteiger partial charge in [-0.05, 0) is 6.07 Å². The Balaban J connectivity index is 2.49. The van der Waals surface area contributed by atoms with Gasteiger partial charge in [0.15, 0.2) is 10.6 Å². The molecule has 118 valence electrons. The molecule has 0 fully saturated rings. The quantitative estimate of drug-likeness (QED) is 0.385. The zero-order valence-corrected chi connectivity index (χ0v) is 13.0. The Bertz CT molecular complexity index is 763. The van der Waals surface area contributed by atoms with Crippen LogP contribution in [0.1, 0.15) is 15.9 Å². The minimum absolute atomic E-state index is 0.0206. The van der Waals surface area contributed by atoms with Gasteiger partial charge in [0.05, 0.1) is 16.2 Å². The summed E-state index contributed by atoms with van der Waals surface area (Å²) in [5.41, 5.74) is 0.140. The van der Waals surface area contributed by atoms with Gasteiger partial charge >= 0.3 is 0 Å². The van der Waals surface area contributed by atoms with Gasteiger partial charge in [-0.2, -0.15) is 0 Å². The number of rotatable bonds is 5. The number of nitro groups is 1. The second-order valence-electron chi connectivity index (χ2n) is 4.47. The molecule has 23 heavy (non-hydrogen) atoms. The fourth-order valence-corrected chi connectivity index (χ4v) is 1.98. The third kappa shape index (κ3) is 4.06. The molecule has 0 saturated heterocycles. The first-order valence-corrected chi connectivity index (χ1v) is 7.24. The van der Waals surface area contributed by atoms with E-state index in [1.165, 1.54) is 12.1 Å². The minimum Gasteiger partial charge on any atom is -0.323 e. The Kier molecular flexibility index (Phi) is 5.31. The number of nitro benzene ring substituents is 1. The number of alkyl halides is 2. The maximum atomic E-state index is 12.6. The molecule has 0 saturated carbocycles. The van der Waals surface area contributed by atoms with Crippen LogP contribution < -0.4 is 5.32 Å². The van der Waals surface area contributed by atoms with Crippen molar-refractivity contribution in [2.45, 2.75) is 4.84 Å². The van der Waals surface area contributed by atoms with Crippen molar-refractivity contribution in [1.82, 2.24) is 0 Å². The molecule has 0 heterocycles. The maximum Gasteiger partial charge on any atom is 0.270 e. The number of nitrogens with zero attached hydrogens (tertiary/aromatic N) is 1. The highest BCUT2D eigenvalue weighted by molar-refractivity contribution is 6.54. The fourth-order valence-electron chi connectivity index (χ4n) is 1.87. The number of non-ortho nitro benzene ring substituents is 1. The Labute approximate surface area is 141 Å². The van der Waals surface area contributed by atoms with E-state index in [-0.39, 0.29) is 16.9 Å². The lowest BCUT2D eigenvalue weighted by atomic mass is 10.0. The van der Waals surface area contributed by atoms with Crippen LogP contribution in [-0.4, -0.2) is 21.5 Å². The number of benzene rings is 2. The molecular formula is C15H10Cl2N2O4. The Morgan fingerprint density at radius 2 is 1.74 bits per heavy atom. The van der Waals surface area contributed by atoms with E-state index in [1.54, 1.807) is 30.3 Å². The van der Waals surface area contributed by atoms with Crippen LogP contribution in [0.2, 0.25) is 0 Å². The van der Waals surface area contributed by atoms with Gasteiger partial charge < -0.3 is 5.32 Å². The first-order chi connectivity index (χ1) is 10.9. The molecule has 0 atom stereocenters. The van der Waals surface area contributed by atoms with Crippen LogP contribution >= 0.6 is 23.2 Å². The van der Waals surface area contributed by atoms with Gasteiger partial charge in [0.1, 0.15) is 0 Å². The van der Waals surface area contributed by atoms with Gasteiger partial charge in [0.2, 0.25) is 0 Å². The van der Waals surface area contributed by atoms with Gasteiger partial charge in [0, 0.05) is 17.7 Å². The summed E-state index contributed by atoms with van der Waals surface area (Å²) in [6, 6.07) is 11.7. The largest absolute Gasteiger partial charge is 0.323 e. The second kappa shape index (κ2) is 7.21. The van der Waals surface area contributed by atoms with Crippen LogP contribution in [0.25, 0.3) is 0 Å². The van der Waals surface area contributed by atoms with Gasteiger partial charge in [-0.15, -0.1) is 0 Å². The second-order valence-corrected chi connectivity index (χ2v) is 5.57. The van der Waals surface area contributed by atoms with E-state index in [4.69, 9.17) is 23.2 Å². The lowest BCUT2D eigenvalue weighted by molar-refractivity contribution is -0.384. The lowest BCUT2D eigenvalue weighted by Gasteiger charge is -2.11. The smallest absolute Gasteiger partial charge is 0.270 e. The molecule has 0 unspecified atom stereocenters. The van der Waals surface area contributed by atoms with E-state index in [0.717, 1.165) is 6.07 Å². The molecule has 8 heteroatoms. The molecule has 2 aromatic rings. The van der Waals surface area contributed by atoms with E-state index in [2.05, 4.69) is 5.32 Å². The summed E-state index contributed by atoms with van der Waals surface area (Å²) < 4.78 is 0. The summed E-state index contributed by atoms with van der Waals surface area (Å²) in [4.78, 5) is 33.1. The molecule has 0 radical (unpaired) electrons. The van der Waals surface area contributed by atoms with E-state index < -0.39 is 21.5 Å². The molecule has 0 bridgehead atoms. The number of halogens is 2. The standard InChI is InChI=1S/C15H10Cl2N2O4/c16-14(17)15(21)18-12-7-6-10(19(22)23)8-11(12)13(20)9-4-2-1-3-5-9/h1-8,14H,(H,18,21). The first kappa shape index (κ1) is 16.9. The molecule has 0 aliphatic heterocycles. The molecule has 0 aliphatic rings. The first-order valence-electron chi connectivity index (χ1n) is 6.37. The Morgan fingerprint density at radius 1 is 1.09 bits per heavy atom. The highest BCUT2D eigenvalue weighted by Crippen LogP contribution is 2.25. The number of carbonyl (C=O) groups is 2. The van der Waals surface area contributed by atoms with E-state index in [9.17, 15) is 19.7 Å². The third-order valence-electron chi connectivity index (χ3n) is 2.95. The number of hydrogen-bond donors (Lipinski definition) is 1. The molecule has 2 rings (SSSR count). The average Bonchev–Trinajstić information content (AvgIpc) is 2.55. The monoisotopic (exact) mass is 352 g/mol. The van der Waals surface area contributed by atoms with E-state index in [0.29, 0.717) is 5.56 Å². The minimum atomic E-state index is -1.33. The predicted molar refractivity (Wildman–Crippen MR) is 87.1 cm³/mol. The van der Waals surface area contributed by atoms with Crippen molar-refractivity contribution in [2.75, 3.05) is 5.32 Å². The number of amides is 1.